The molecule has 8 nitrogen and oxygen atoms in total. The van der Waals surface area contributed by atoms with Crippen molar-refractivity contribution in [3.63, 3.8) is 0 Å². The van der Waals surface area contributed by atoms with Crippen molar-refractivity contribution in [1.82, 2.24) is 10.2 Å². The molecule has 8 heteroatoms. The van der Waals surface area contributed by atoms with E-state index in [1.807, 2.05) is 25.1 Å². The van der Waals surface area contributed by atoms with Gasteiger partial charge in [-0.15, -0.1) is 0 Å². The van der Waals surface area contributed by atoms with Crippen LogP contribution in [-0.2, 0) is 19.1 Å². The van der Waals surface area contributed by atoms with Crippen LogP contribution in [0.3, 0.4) is 0 Å². The number of esters is 1. The van der Waals surface area contributed by atoms with Crippen molar-refractivity contribution in [2.45, 2.75) is 32.7 Å². The molecule has 1 aromatic rings. The molecular formula is C18H23N3O5. The second kappa shape index (κ2) is 7.99. The van der Waals surface area contributed by atoms with E-state index in [9.17, 15) is 19.2 Å². The van der Waals surface area contributed by atoms with E-state index in [1.165, 1.54) is 4.90 Å². The minimum atomic E-state index is -0.978. The Kier molecular flexibility index (Phi) is 5.97. The zero-order chi connectivity index (χ0) is 19.3. The molecule has 0 bridgehead atoms. The van der Waals surface area contributed by atoms with Crippen molar-refractivity contribution >= 4 is 29.5 Å². The Morgan fingerprint density at radius 1 is 1.19 bits per heavy atom. The zero-order valence-electron chi connectivity index (χ0n) is 15.2. The third-order valence-corrected chi connectivity index (χ3v) is 4.03. The number of ether oxygens (including phenoxy) is 1. The van der Waals surface area contributed by atoms with E-state index in [4.69, 9.17) is 4.74 Å². The van der Waals surface area contributed by atoms with Gasteiger partial charge in [-0.05, 0) is 32.9 Å². The zero-order valence-corrected chi connectivity index (χ0v) is 15.2. The molecule has 1 saturated heterocycles. The number of urea groups is 1. The number of amides is 4. The van der Waals surface area contributed by atoms with Crippen molar-refractivity contribution in [3.8, 4) is 0 Å². The second-order valence-corrected chi connectivity index (χ2v) is 6.40. The molecule has 0 aromatic heterocycles. The van der Waals surface area contributed by atoms with Crippen molar-refractivity contribution in [2.75, 3.05) is 24.6 Å². The van der Waals surface area contributed by atoms with E-state index in [2.05, 4.69) is 5.32 Å². The molecule has 0 spiro atoms. The first-order valence-electron chi connectivity index (χ1n) is 8.41. The van der Waals surface area contributed by atoms with Crippen molar-refractivity contribution in [1.29, 1.82) is 0 Å². The SMILES string of the molecule is CCN(C(=O)COC(=O)CCN1C(=O)NC(C)(C)C1=O)c1ccccc1. The third kappa shape index (κ3) is 4.38. The molecule has 0 unspecified atom stereocenters. The van der Waals surface area contributed by atoms with Gasteiger partial charge < -0.3 is 15.0 Å². The molecule has 140 valence electrons. The summed E-state index contributed by atoms with van der Waals surface area (Å²) < 4.78 is 4.99. The van der Waals surface area contributed by atoms with E-state index in [0.29, 0.717) is 6.54 Å². The molecule has 1 aliphatic heterocycles. The highest BCUT2D eigenvalue weighted by atomic mass is 16.5. The number of nitrogens with zero attached hydrogens (tertiary/aromatic N) is 2. The van der Waals surface area contributed by atoms with Gasteiger partial charge in [-0.25, -0.2) is 4.79 Å². The smallest absolute Gasteiger partial charge is 0.325 e. The fourth-order valence-electron chi connectivity index (χ4n) is 2.63. The van der Waals surface area contributed by atoms with Gasteiger partial charge in [0, 0.05) is 18.8 Å². The summed E-state index contributed by atoms with van der Waals surface area (Å²) in [5.74, 6) is -1.39. The molecule has 0 radical (unpaired) electrons. The van der Waals surface area contributed by atoms with E-state index in [1.54, 1.807) is 26.0 Å². The van der Waals surface area contributed by atoms with Crippen LogP contribution >= 0.6 is 0 Å². The third-order valence-electron chi connectivity index (χ3n) is 4.03. The predicted octanol–water partition coefficient (Wildman–Crippen LogP) is 1.30. The number of para-hydroxylation sites is 1. The maximum Gasteiger partial charge on any atom is 0.325 e. The number of nitrogens with one attached hydrogen (secondary N) is 1. The van der Waals surface area contributed by atoms with Crippen LogP contribution in [0.5, 0.6) is 0 Å². The van der Waals surface area contributed by atoms with Gasteiger partial charge in [-0.3, -0.25) is 19.3 Å². The first kappa shape index (κ1) is 19.4. The van der Waals surface area contributed by atoms with Crippen LogP contribution in [-0.4, -0.2) is 54.0 Å². The number of hydrogen-bond donors (Lipinski definition) is 1. The molecule has 1 fully saturated rings. The molecular weight excluding hydrogens is 338 g/mol. The van der Waals surface area contributed by atoms with Gasteiger partial charge in [0.05, 0.1) is 6.42 Å². The van der Waals surface area contributed by atoms with Gasteiger partial charge in [0.15, 0.2) is 6.61 Å². The Balaban J connectivity index is 1.82. The van der Waals surface area contributed by atoms with Crippen molar-refractivity contribution in [2.24, 2.45) is 0 Å². The maximum atomic E-state index is 12.2. The highest BCUT2D eigenvalue weighted by molar-refractivity contribution is 6.06. The molecule has 1 aliphatic rings. The van der Waals surface area contributed by atoms with E-state index < -0.39 is 30.1 Å². The van der Waals surface area contributed by atoms with Crippen molar-refractivity contribution < 1.29 is 23.9 Å². The second-order valence-electron chi connectivity index (χ2n) is 6.40. The number of benzene rings is 1. The van der Waals surface area contributed by atoms with E-state index in [-0.39, 0.29) is 18.9 Å². The van der Waals surface area contributed by atoms with Gasteiger partial charge in [0.2, 0.25) is 0 Å². The minimum Gasteiger partial charge on any atom is -0.455 e. The number of anilines is 1. The van der Waals surface area contributed by atoms with Crippen LogP contribution in [0.2, 0.25) is 0 Å². The lowest BCUT2D eigenvalue weighted by Crippen LogP contribution is -2.40. The maximum absolute atomic E-state index is 12.2. The average Bonchev–Trinajstić information content (AvgIpc) is 2.80. The monoisotopic (exact) mass is 361 g/mol. The number of imide groups is 1. The van der Waals surface area contributed by atoms with Crippen LogP contribution in [0, 0.1) is 0 Å². The Bertz CT molecular complexity index is 702. The summed E-state index contributed by atoms with van der Waals surface area (Å²) in [6, 6.07) is 8.53. The molecule has 2 rings (SSSR count). The lowest BCUT2D eigenvalue weighted by molar-refractivity contribution is -0.148. The first-order chi connectivity index (χ1) is 12.3. The number of likely N-dealkylation sites (N-methyl/N-ethyl adjacent to an activating group) is 1. The summed E-state index contributed by atoms with van der Waals surface area (Å²) in [6.07, 6.45) is -0.167. The highest BCUT2D eigenvalue weighted by Crippen LogP contribution is 2.17. The van der Waals surface area contributed by atoms with Gasteiger partial charge in [-0.1, -0.05) is 18.2 Å². The summed E-state index contributed by atoms with van der Waals surface area (Å²) >= 11 is 0. The summed E-state index contributed by atoms with van der Waals surface area (Å²) in [5, 5.41) is 2.53. The largest absolute Gasteiger partial charge is 0.455 e. The quantitative estimate of drug-likeness (QED) is 0.583. The van der Waals surface area contributed by atoms with Crippen LogP contribution < -0.4 is 10.2 Å². The van der Waals surface area contributed by atoms with Gasteiger partial charge in [0.1, 0.15) is 5.54 Å². The first-order valence-corrected chi connectivity index (χ1v) is 8.41. The molecule has 1 heterocycles. The Labute approximate surface area is 152 Å². The van der Waals surface area contributed by atoms with Gasteiger partial charge >= 0.3 is 12.0 Å². The highest BCUT2D eigenvalue weighted by Gasteiger charge is 2.44. The predicted molar refractivity (Wildman–Crippen MR) is 94.4 cm³/mol. The molecule has 0 aliphatic carbocycles. The van der Waals surface area contributed by atoms with E-state index >= 15 is 0 Å². The normalized spacial score (nSPS) is 15.6. The van der Waals surface area contributed by atoms with Crippen LogP contribution in [0.15, 0.2) is 30.3 Å². The number of carbonyl (C=O) groups is 4. The van der Waals surface area contributed by atoms with Crippen LogP contribution in [0.4, 0.5) is 10.5 Å². The average molecular weight is 361 g/mol. The molecule has 1 aromatic carbocycles. The van der Waals surface area contributed by atoms with Crippen molar-refractivity contribution in [3.05, 3.63) is 30.3 Å². The molecule has 1 N–H and O–H groups in total. The minimum absolute atomic E-state index is 0.0860. The van der Waals surface area contributed by atoms with Gasteiger partial charge in [0.25, 0.3) is 11.8 Å². The fourth-order valence-corrected chi connectivity index (χ4v) is 2.63. The van der Waals surface area contributed by atoms with Gasteiger partial charge in [-0.2, -0.15) is 0 Å². The molecule has 0 atom stereocenters. The molecule has 0 saturated carbocycles. The van der Waals surface area contributed by atoms with E-state index in [0.717, 1.165) is 10.6 Å². The van der Waals surface area contributed by atoms with Crippen LogP contribution in [0.1, 0.15) is 27.2 Å². The molecule has 4 amide bonds. The summed E-state index contributed by atoms with van der Waals surface area (Å²) in [4.78, 5) is 50.4. The van der Waals surface area contributed by atoms with Crippen LogP contribution in [0.25, 0.3) is 0 Å². The topological polar surface area (TPSA) is 96.0 Å². The number of rotatable bonds is 7. The Morgan fingerprint density at radius 2 is 1.85 bits per heavy atom. The summed E-state index contributed by atoms with van der Waals surface area (Å²) in [5.41, 5.74) is -0.258. The summed E-state index contributed by atoms with van der Waals surface area (Å²) in [6.45, 7) is 4.97. The summed E-state index contributed by atoms with van der Waals surface area (Å²) in [7, 11) is 0. The standard InChI is InChI=1S/C18H23N3O5/c1-4-20(13-8-6-5-7-9-13)14(22)12-26-15(23)10-11-21-16(24)18(2,3)19-17(21)25/h5-9H,4,10-12H2,1-3H3,(H,19,25). The Morgan fingerprint density at radius 3 is 2.38 bits per heavy atom. The lowest BCUT2D eigenvalue weighted by atomic mass is 10.1. The molecule has 26 heavy (non-hydrogen) atoms. The fraction of sp³-hybridized carbons (Fsp3) is 0.444. The number of carbonyl (C=O) groups excluding carboxylic acids is 4. The Hall–Kier alpha value is -2.90. The lowest BCUT2D eigenvalue weighted by Gasteiger charge is -2.21. The number of hydrogen-bond acceptors (Lipinski definition) is 5.